The van der Waals surface area contributed by atoms with Gasteiger partial charge in [-0.1, -0.05) is 53.3 Å². The van der Waals surface area contributed by atoms with Gasteiger partial charge in [-0.25, -0.2) is 4.98 Å². The summed E-state index contributed by atoms with van der Waals surface area (Å²) in [7, 11) is 0. The van der Waals surface area contributed by atoms with E-state index in [0.29, 0.717) is 28.4 Å². The van der Waals surface area contributed by atoms with E-state index in [0.717, 1.165) is 14.9 Å². The number of thiophene rings is 1. The number of aromatic amines is 1. The highest BCUT2D eigenvalue weighted by atomic mass is 79.9. The van der Waals surface area contributed by atoms with Gasteiger partial charge in [-0.05, 0) is 33.6 Å². The molecule has 9 heteroatoms. The second kappa shape index (κ2) is 7.98. The first-order chi connectivity index (χ1) is 12.8. The highest BCUT2D eigenvalue weighted by Crippen LogP contribution is 2.28. The summed E-state index contributed by atoms with van der Waals surface area (Å²) in [5, 5.41) is 13.7. The van der Waals surface area contributed by atoms with Crippen molar-refractivity contribution in [3.05, 3.63) is 63.5 Å². The van der Waals surface area contributed by atoms with Crippen LogP contribution in [0.1, 0.15) is 17.3 Å². The molecule has 0 unspecified atom stereocenters. The summed E-state index contributed by atoms with van der Waals surface area (Å²) in [6.45, 7) is 0. The van der Waals surface area contributed by atoms with Crippen LogP contribution in [0.25, 0.3) is 22.9 Å². The molecule has 130 valence electrons. The van der Waals surface area contributed by atoms with Crippen LogP contribution < -0.4 is 0 Å². The number of halogens is 1. The molecule has 1 aromatic carbocycles. The highest BCUT2D eigenvalue weighted by molar-refractivity contribution is 9.10. The molecule has 4 rings (SSSR count). The van der Waals surface area contributed by atoms with Gasteiger partial charge in [0.15, 0.2) is 0 Å². The van der Waals surface area contributed by atoms with Crippen molar-refractivity contribution in [2.24, 2.45) is 0 Å². The molecule has 1 N–H and O–H groups in total. The van der Waals surface area contributed by atoms with Crippen molar-refractivity contribution in [1.82, 2.24) is 25.3 Å². The van der Waals surface area contributed by atoms with Crippen LogP contribution in [0.15, 0.2) is 55.9 Å². The molecule has 0 aliphatic heterocycles. The van der Waals surface area contributed by atoms with Gasteiger partial charge in [0.05, 0.1) is 10.6 Å². The van der Waals surface area contributed by atoms with Gasteiger partial charge in [0.25, 0.3) is 0 Å². The van der Waals surface area contributed by atoms with E-state index in [4.69, 9.17) is 4.52 Å². The maximum atomic E-state index is 5.29. The summed E-state index contributed by atoms with van der Waals surface area (Å²) in [6, 6.07) is 12.0. The zero-order valence-corrected chi connectivity index (χ0v) is 16.5. The number of nitrogens with one attached hydrogen (secondary N) is 1. The Morgan fingerprint density at radius 1 is 1.19 bits per heavy atom. The monoisotopic (exact) mass is 445 g/mol. The molecule has 0 radical (unpaired) electrons. The molecule has 26 heavy (non-hydrogen) atoms. The minimum Gasteiger partial charge on any atom is -0.338 e. The molecule has 3 aromatic heterocycles. The number of nitrogens with zero attached hydrogens (tertiary/aromatic N) is 4. The van der Waals surface area contributed by atoms with Crippen LogP contribution in [-0.4, -0.2) is 25.3 Å². The number of hydrogen-bond acceptors (Lipinski definition) is 7. The van der Waals surface area contributed by atoms with E-state index < -0.39 is 0 Å². The summed E-state index contributed by atoms with van der Waals surface area (Å²) in [5.74, 6) is 2.35. The fraction of sp³-hybridized carbons (Fsp3) is 0.0588. The van der Waals surface area contributed by atoms with Crippen LogP contribution in [0.2, 0.25) is 0 Å². The predicted molar refractivity (Wildman–Crippen MR) is 107 cm³/mol. The van der Waals surface area contributed by atoms with Gasteiger partial charge in [0.1, 0.15) is 5.82 Å². The zero-order chi connectivity index (χ0) is 17.8. The first-order valence-corrected chi connectivity index (χ1v) is 10.3. The van der Waals surface area contributed by atoms with Crippen molar-refractivity contribution in [3.8, 4) is 10.7 Å². The van der Waals surface area contributed by atoms with Crippen LogP contribution >= 0.6 is 39.0 Å². The summed E-state index contributed by atoms with van der Waals surface area (Å²) < 4.78 is 6.30. The van der Waals surface area contributed by atoms with Gasteiger partial charge in [0, 0.05) is 9.85 Å². The Balaban J connectivity index is 1.36. The SMILES string of the molecule is Brc1csc(-c2noc(CSc3n[nH]c(/C=C/c4ccccc4)n3)n2)c1. The minimum absolute atomic E-state index is 0.513. The first-order valence-electron chi connectivity index (χ1n) is 7.61. The minimum atomic E-state index is 0.513. The number of benzene rings is 1. The maximum absolute atomic E-state index is 5.29. The lowest BCUT2D eigenvalue weighted by atomic mass is 10.2. The van der Waals surface area contributed by atoms with Gasteiger partial charge in [0.2, 0.25) is 16.9 Å². The van der Waals surface area contributed by atoms with Crippen LogP contribution in [0.3, 0.4) is 0 Å². The Labute approximate surface area is 165 Å². The lowest BCUT2D eigenvalue weighted by molar-refractivity contribution is 0.391. The van der Waals surface area contributed by atoms with E-state index in [9.17, 15) is 0 Å². The van der Waals surface area contributed by atoms with Gasteiger partial charge < -0.3 is 4.52 Å². The molecule has 3 heterocycles. The number of rotatable bonds is 6. The third-order valence-electron chi connectivity index (χ3n) is 3.30. The molecule has 0 saturated carbocycles. The first kappa shape index (κ1) is 17.2. The number of aromatic nitrogens is 5. The molecule has 0 aliphatic carbocycles. The normalized spacial score (nSPS) is 11.4. The molecule has 0 amide bonds. The molecule has 0 atom stereocenters. The summed E-state index contributed by atoms with van der Waals surface area (Å²) in [5.41, 5.74) is 1.11. The molecule has 0 saturated heterocycles. The van der Waals surface area contributed by atoms with E-state index in [1.165, 1.54) is 11.8 Å². The van der Waals surface area contributed by atoms with E-state index in [2.05, 4.69) is 41.3 Å². The Hall–Kier alpha value is -2.23. The topological polar surface area (TPSA) is 80.5 Å². The quantitative estimate of drug-likeness (QED) is 0.413. The zero-order valence-electron chi connectivity index (χ0n) is 13.3. The van der Waals surface area contributed by atoms with Gasteiger partial charge >= 0.3 is 0 Å². The summed E-state index contributed by atoms with van der Waals surface area (Å²) in [4.78, 5) is 9.79. The molecule has 0 fully saturated rings. The van der Waals surface area contributed by atoms with Crippen molar-refractivity contribution in [2.75, 3.05) is 0 Å². The average Bonchev–Trinajstić information content (AvgIpc) is 3.40. The Morgan fingerprint density at radius 2 is 2.08 bits per heavy atom. The van der Waals surface area contributed by atoms with Crippen molar-refractivity contribution in [1.29, 1.82) is 0 Å². The lowest BCUT2D eigenvalue weighted by Crippen LogP contribution is -1.82. The predicted octanol–water partition coefficient (Wildman–Crippen LogP) is 5.14. The Kier molecular flexibility index (Phi) is 5.28. The van der Waals surface area contributed by atoms with Gasteiger partial charge in [-0.15, -0.1) is 16.4 Å². The molecule has 6 nitrogen and oxygen atoms in total. The number of hydrogen-bond donors (Lipinski definition) is 1. The van der Waals surface area contributed by atoms with E-state index in [1.807, 2.05) is 53.9 Å². The number of H-pyrrole nitrogens is 1. The molecule has 4 aromatic rings. The maximum Gasteiger partial charge on any atom is 0.237 e. The van der Waals surface area contributed by atoms with Crippen LogP contribution in [-0.2, 0) is 5.75 Å². The van der Waals surface area contributed by atoms with Crippen LogP contribution in [0.4, 0.5) is 0 Å². The molecular weight excluding hydrogens is 434 g/mol. The van der Waals surface area contributed by atoms with Crippen molar-refractivity contribution >= 4 is 51.2 Å². The summed E-state index contributed by atoms with van der Waals surface area (Å²) >= 11 is 6.42. The van der Waals surface area contributed by atoms with Crippen molar-refractivity contribution in [2.45, 2.75) is 10.9 Å². The smallest absolute Gasteiger partial charge is 0.237 e. The average molecular weight is 446 g/mol. The number of thioether (sulfide) groups is 1. The van der Waals surface area contributed by atoms with Crippen LogP contribution in [0, 0.1) is 0 Å². The second-order valence-electron chi connectivity index (χ2n) is 5.18. The standard InChI is InChI=1S/C17H12BrN5OS2/c18-12-8-13(25-9-12)16-20-15(24-23-16)10-26-17-19-14(21-22-17)7-6-11-4-2-1-3-5-11/h1-9H,10H2,(H,19,21,22)/b7-6+. The van der Waals surface area contributed by atoms with Gasteiger partial charge in [-0.3, -0.25) is 5.10 Å². The second-order valence-corrected chi connectivity index (χ2v) is 7.95. The molecule has 0 bridgehead atoms. The fourth-order valence-electron chi connectivity index (χ4n) is 2.11. The van der Waals surface area contributed by atoms with Gasteiger partial charge in [-0.2, -0.15) is 4.98 Å². The third-order valence-corrected chi connectivity index (χ3v) is 5.82. The Morgan fingerprint density at radius 3 is 2.88 bits per heavy atom. The third kappa shape index (κ3) is 4.29. The van der Waals surface area contributed by atoms with E-state index in [1.54, 1.807) is 11.3 Å². The summed E-state index contributed by atoms with van der Waals surface area (Å²) in [6.07, 6.45) is 3.88. The lowest BCUT2D eigenvalue weighted by Gasteiger charge is -1.90. The van der Waals surface area contributed by atoms with E-state index in [-0.39, 0.29) is 0 Å². The van der Waals surface area contributed by atoms with Crippen molar-refractivity contribution in [3.63, 3.8) is 0 Å². The molecule has 0 aliphatic rings. The fourth-order valence-corrected chi connectivity index (χ4v) is 4.10. The van der Waals surface area contributed by atoms with Crippen molar-refractivity contribution < 1.29 is 4.52 Å². The van der Waals surface area contributed by atoms with Crippen LogP contribution in [0.5, 0.6) is 0 Å². The molecule has 0 spiro atoms. The Bertz CT molecular complexity index is 1020. The highest BCUT2D eigenvalue weighted by Gasteiger charge is 2.12. The van der Waals surface area contributed by atoms with E-state index >= 15 is 0 Å². The largest absolute Gasteiger partial charge is 0.338 e. The molecular formula is C17H12BrN5OS2.